The van der Waals surface area contributed by atoms with Crippen LogP contribution in [-0.4, -0.2) is 52.3 Å². The number of benzene rings is 3. The lowest BCUT2D eigenvalue weighted by molar-refractivity contribution is -0.128. The zero-order chi connectivity index (χ0) is 29.0. The van der Waals surface area contributed by atoms with Crippen LogP contribution in [-0.2, 0) is 16.1 Å². The van der Waals surface area contributed by atoms with Gasteiger partial charge in [0.25, 0.3) is 0 Å². The Morgan fingerprint density at radius 2 is 1.57 bits per heavy atom. The van der Waals surface area contributed by atoms with Gasteiger partial charge in [-0.1, -0.05) is 17.3 Å². The summed E-state index contributed by atoms with van der Waals surface area (Å²) in [6.07, 6.45) is 0. The number of ketones is 1. The molecule has 0 saturated carbocycles. The predicted octanol–water partition coefficient (Wildman–Crippen LogP) is 4.34. The van der Waals surface area contributed by atoms with Crippen LogP contribution in [0.5, 0.6) is 11.5 Å². The maximum atomic E-state index is 14.2. The first-order chi connectivity index (χ1) is 19.0. The molecule has 0 aliphatic carbocycles. The van der Waals surface area contributed by atoms with Gasteiger partial charge in [-0.05, 0) is 81.8 Å². The van der Waals surface area contributed by atoms with Gasteiger partial charge in [0.1, 0.15) is 29.6 Å². The first-order valence-corrected chi connectivity index (χ1v) is 12.8. The highest BCUT2D eigenvalue weighted by Gasteiger charge is 2.35. The normalized spacial score (nSPS) is 12.1. The molecule has 0 spiro atoms. The first-order valence-electron chi connectivity index (χ1n) is 12.8. The minimum absolute atomic E-state index is 0.113. The molecule has 0 unspecified atom stereocenters. The van der Waals surface area contributed by atoms with Crippen molar-refractivity contribution < 1.29 is 23.9 Å². The summed E-state index contributed by atoms with van der Waals surface area (Å²) in [7, 11) is 3.03. The predicted molar refractivity (Wildman–Crippen MR) is 152 cm³/mol. The van der Waals surface area contributed by atoms with Crippen molar-refractivity contribution >= 4 is 34.3 Å². The van der Waals surface area contributed by atoms with Crippen LogP contribution in [0.25, 0.3) is 11.0 Å². The molecule has 4 rings (SSSR count). The molecule has 1 aromatic heterocycles. The summed E-state index contributed by atoms with van der Waals surface area (Å²) in [5, 5.41) is 11.3. The topological polar surface area (TPSA) is 116 Å². The van der Waals surface area contributed by atoms with Crippen LogP contribution in [0, 0.1) is 0 Å². The van der Waals surface area contributed by atoms with Crippen molar-refractivity contribution in [2.24, 2.45) is 0 Å². The van der Waals surface area contributed by atoms with E-state index in [-0.39, 0.29) is 12.3 Å². The third-order valence-electron chi connectivity index (χ3n) is 6.22. The molecule has 2 amide bonds. The quantitative estimate of drug-likeness (QED) is 0.312. The van der Waals surface area contributed by atoms with E-state index in [1.807, 2.05) is 45.0 Å². The molecule has 1 atom stereocenters. The van der Waals surface area contributed by atoms with E-state index in [0.29, 0.717) is 39.3 Å². The van der Waals surface area contributed by atoms with Gasteiger partial charge in [0, 0.05) is 22.9 Å². The van der Waals surface area contributed by atoms with E-state index in [4.69, 9.17) is 9.47 Å². The van der Waals surface area contributed by atoms with Crippen molar-refractivity contribution in [3.63, 3.8) is 0 Å². The SMILES string of the molecule is COc1cc(OC)cc([C@H](C(=O)NC(C)(C)C)N(C(=O)Cn2nnc3ccccc32)c2ccc(C(C)=O)cc2)c1. The van der Waals surface area contributed by atoms with Gasteiger partial charge in [-0.3, -0.25) is 19.3 Å². The Labute approximate surface area is 232 Å². The lowest BCUT2D eigenvalue weighted by Crippen LogP contribution is -2.50. The molecule has 10 heteroatoms. The lowest BCUT2D eigenvalue weighted by Gasteiger charge is -2.34. The third-order valence-corrected chi connectivity index (χ3v) is 6.22. The minimum Gasteiger partial charge on any atom is -0.497 e. The second kappa shape index (κ2) is 11.6. The van der Waals surface area contributed by atoms with Crippen molar-refractivity contribution in [3.05, 3.63) is 77.9 Å². The van der Waals surface area contributed by atoms with Crippen LogP contribution in [0.2, 0.25) is 0 Å². The van der Waals surface area contributed by atoms with E-state index in [1.54, 1.807) is 42.5 Å². The Morgan fingerprint density at radius 1 is 0.950 bits per heavy atom. The van der Waals surface area contributed by atoms with Crippen LogP contribution in [0.15, 0.2) is 66.7 Å². The van der Waals surface area contributed by atoms with E-state index in [9.17, 15) is 14.4 Å². The molecule has 0 radical (unpaired) electrons. The molecule has 4 aromatic rings. The highest BCUT2D eigenvalue weighted by Crippen LogP contribution is 2.34. The van der Waals surface area contributed by atoms with E-state index in [0.717, 1.165) is 0 Å². The highest BCUT2D eigenvalue weighted by atomic mass is 16.5. The number of anilines is 1. The molecule has 40 heavy (non-hydrogen) atoms. The lowest BCUT2D eigenvalue weighted by atomic mass is 9.99. The van der Waals surface area contributed by atoms with E-state index >= 15 is 0 Å². The second-order valence-electron chi connectivity index (χ2n) is 10.4. The van der Waals surface area contributed by atoms with Crippen molar-refractivity contribution in [3.8, 4) is 11.5 Å². The summed E-state index contributed by atoms with van der Waals surface area (Å²) < 4.78 is 12.4. The summed E-state index contributed by atoms with van der Waals surface area (Å²) in [5.41, 5.74) is 2.12. The van der Waals surface area contributed by atoms with Crippen LogP contribution >= 0.6 is 0 Å². The standard InChI is InChI=1S/C30H33N5O5/c1-19(36)20-11-13-22(14-12-20)35(27(37)18-34-26-10-8-7-9-25(26)32-33-34)28(29(38)31-30(2,3)4)21-15-23(39-5)17-24(16-21)40-6/h7-17,28H,18H2,1-6H3,(H,31,38)/t28-/m1/s1. The number of amides is 2. The summed E-state index contributed by atoms with van der Waals surface area (Å²) >= 11 is 0. The summed E-state index contributed by atoms with van der Waals surface area (Å²) in [6.45, 7) is 6.88. The summed E-state index contributed by atoms with van der Waals surface area (Å²) in [5.74, 6) is -0.00981. The van der Waals surface area contributed by atoms with Crippen molar-refractivity contribution in [1.82, 2.24) is 20.3 Å². The Kier molecular flexibility index (Phi) is 8.18. The molecule has 3 aromatic carbocycles. The molecule has 0 bridgehead atoms. The van der Waals surface area contributed by atoms with Crippen molar-refractivity contribution in [2.45, 2.75) is 45.8 Å². The maximum Gasteiger partial charge on any atom is 0.249 e. The first kappa shape index (κ1) is 28.3. The van der Waals surface area contributed by atoms with Gasteiger partial charge in [-0.15, -0.1) is 5.10 Å². The molecule has 10 nitrogen and oxygen atoms in total. The third kappa shape index (κ3) is 6.28. The number of ether oxygens (including phenoxy) is 2. The van der Waals surface area contributed by atoms with Gasteiger partial charge >= 0.3 is 0 Å². The average molecular weight is 544 g/mol. The largest absolute Gasteiger partial charge is 0.497 e. The fraction of sp³-hybridized carbons (Fsp3) is 0.300. The van der Waals surface area contributed by atoms with E-state index < -0.39 is 23.4 Å². The Bertz CT molecular complexity index is 1520. The smallest absolute Gasteiger partial charge is 0.249 e. The van der Waals surface area contributed by atoms with Crippen molar-refractivity contribution in [2.75, 3.05) is 19.1 Å². The van der Waals surface area contributed by atoms with Gasteiger partial charge in [0.05, 0.1) is 19.7 Å². The fourth-order valence-corrected chi connectivity index (χ4v) is 4.38. The molecule has 1 heterocycles. The zero-order valence-corrected chi connectivity index (χ0v) is 23.5. The molecule has 0 aliphatic rings. The van der Waals surface area contributed by atoms with Crippen LogP contribution in [0.3, 0.4) is 0 Å². The molecule has 0 aliphatic heterocycles. The summed E-state index contributed by atoms with van der Waals surface area (Å²) in [6, 6.07) is 17.9. The fourth-order valence-electron chi connectivity index (χ4n) is 4.38. The number of methoxy groups -OCH3 is 2. The number of rotatable bonds is 9. The Balaban J connectivity index is 1.89. The average Bonchev–Trinajstić information content (AvgIpc) is 3.32. The number of hydrogen-bond donors (Lipinski definition) is 1. The molecule has 1 N–H and O–H groups in total. The van der Waals surface area contributed by atoms with Crippen LogP contribution in [0.1, 0.15) is 49.7 Å². The highest BCUT2D eigenvalue weighted by molar-refractivity contribution is 6.02. The van der Waals surface area contributed by atoms with Gasteiger partial charge in [0.2, 0.25) is 11.8 Å². The molecular weight excluding hydrogens is 510 g/mol. The maximum absolute atomic E-state index is 14.2. The minimum atomic E-state index is -1.12. The number of hydrogen-bond acceptors (Lipinski definition) is 7. The Morgan fingerprint density at radius 3 is 2.15 bits per heavy atom. The number of nitrogens with zero attached hydrogens (tertiary/aromatic N) is 4. The van der Waals surface area contributed by atoms with Crippen LogP contribution in [0.4, 0.5) is 5.69 Å². The van der Waals surface area contributed by atoms with Gasteiger partial charge in [-0.2, -0.15) is 0 Å². The van der Waals surface area contributed by atoms with E-state index in [2.05, 4.69) is 15.6 Å². The van der Waals surface area contributed by atoms with Crippen LogP contribution < -0.4 is 19.7 Å². The van der Waals surface area contributed by atoms with Gasteiger partial charge in [0.15, 0.2) is 5.78 Å². The van der Waals surface area contributed by atoms with Gasteiger partial charge < -0.3 is 14.8 Å². The monoisotopic (exact) mass is 543 g/mol. The molecular formula is C30H33N5O5. The number of aromatic nitrogens is 3. The molecule has 0 saturated heterocycles. The number of carbonyl (C=O) groups excluding carboxylic acids is 3. The number of Topliss-reactive ketones (excluding diaryl/α,β-unsaturated/α-hetero) is 1. The number of fused-ring (bicyclic) bond motifs is 1. The number of nitrogens with one attached hydrogen (secondary N) is 1. The number of carbonyl (C=O) groups is 3. The van der Waals surface area contributed by atoms with E-state index in [1.165, 1.54) is 30.7 Å². The second-order valence-corrected chi connectivity index (χ2v) is 10.4. The summed E-state index contributed by atoms with van der Waals surface area (Å²) in [4.78, 5) is 41.6. The number of para-hydroxylation sites is 1. The Hall–Kier alpha value is -4.73. The zero-order valence-electron chi connectivity index (χ0n) is 23.5. The molecule has 208 valence electrons. The van der Waals surface area contributed by atoms with Gasteiger partial charge in [-0.25, -0.2) is 4.68 Å². The molecule has 0 fully saturated rings. The van der Waals surface area contributed by atoms with Crippen molar-refractivity contribution in [1.29, 1.82) is 0 Å².